The van der Waals surface area contributed by atoms with Crippen molar-refractivity contribution in [2.75, 3.05) is 5.73 Å². The van der Waals surface area contributed by atoms with E-state index >= 15 is 0 Å². The third-order valence-corrected chi connectivity index (χ3v) is 4.10. The summed E-state index contributed by atoms with van der Waals surface area (Å²) in [7, 11) is 0. The lowest BCUT2D eigenvalue weighted by Gasteiger charge is -2.13. The number of nitrogen functional groups attached to an aromatic ring is 1. The first-order chi connectivity index (χ1) is 11.1. The van der Waals surface area contributed by atoms with Gasteiger partial charge in [-0.15, -0.1) is 0 Å². The number of hydrogen-bond acceptors (Lipinski definition) is 3. The minimum absolute atomic E-state index is 0.0189. The fourth-order valence-electron chi connectivity index (χ4n) is 2.90. The molecule has 23 heavy (non-hydrogen) atoms. The van der Waals surface area contributed by atoms with Gasteiger partial charge in [0.15, 0.2) is 0 Å². The molecule has 0 saturated carbocycles. The van der Waals surface area contributed by atoms with Crippen molar-refractivity contribution in [1.29, 1.82) is 0 Å². The number of hydrogen-bond donors (Lipinski definition) is 1. The molecular formula is C19H21N3O. The quantitative estimate of drug-likeness (QED) is 0.749. The van der Waals surface area contributed by atoms with Gasteiger partial charge >= 0.3 is 0 Å². The van der Waals surface area contributed by atoms with Gasteiger partial charge in [-0.2, -0.15) is 0 Å². The molecule has 0 atom stereocenters. The van der Waals surface area contributed by atoms with Crippen molar-refractivity contribution in [1.82, 2.24) is 9.38 Å². The Balaban J connectivity index is 2.32. The molecule has 0 spiro atoms. The number of aromatic nitrogens is 2. The first-order valence-electron chi connectivity index (χ1n) is 7.98. The maximum Gasteiger partial charge on any atom is 0.266 e. The highest BCUT2D eigenvalue weighted by Crippen LogP contribution is 2.26. The molecular weight excluding hydrogens is 286 g/mol. The normalized spacial score (nSPS) is 11.0. The number of pyridine rings is 1. The molecule has 4 heteroatoms. The predicted molar refractivity (Wildman–Crippen MR) is 94.7 cm³/mol. The molecule has 0 aliphatic heterocycles. The highest BCUT2D eigenvalue weighted by molar-refractivity contribution is 5.71. The number of unbranched alkanes of at least 4 members (excludes halogenated alkanes) is 1. The fraction of sp³-hybridized carbons (Fsp3) is 0.263. The minimum Gasteiger partial charge on any atom is -0.399 e. The Morgan fingerprint density at radius 1 is 1.22 bits per heavy atom. The van der Waals surface area contributed by atoms with Crippen LogP contribution < -0.4 is 11.3 Å². The molecule has 0 bridgehead atoms. The van der Waals surface area contributed by atoms with E-state index in [2.05, 4.69) is 6.92 Å². The first-order valence-corrected chi connectivity index (χ1v) is 7.98. The average Bonchev–Trinajstić information content (AvgIpc) is 2.54. The molecule has 2 N–H and O–H groups in total. The number of nitrogens with zero attached hydrogens (tertiary/aromatic N) is 2. The minimum atomic E-state index is -0.0189. The number of fused-ring (bicyclic) bond motifs is 1. The summed E-state index contributed by atoms with van der Waals surface area (Å²) in [5.74, 6) is 0. The van der Waals surface area contributed by atoms with Crippen molar-refractivity contribution in [2.24, 2.45) is 0 Å². The highest BCUT2D eigenvalue weighted by Gasteiger charge is 2.16. The Morgan fingerprint density at radius 2 is 2.04 bits per heavy atom. The molecule has 3 aromatic rings. The summed E-state index contributed by atoms with van der Waals surface area (Å²) in [6.45, 7) is 4.12. The fourth-order valence-corrected chi connectivity index (χ4v) is 2.90. The summed E-state index contributed by atoms with van der Waals surface area (Å²) < 4.78 is 1.61. The molecule has 2 heterocycles. The van der Waals surface area contributed by atoms with Crippen LogP contribution >= 0.6 is 0 Å². The van der Waals surface area contributed by atoms with Gasteiger partial charge in [-0.3, -0.25) is 9.20 Å². The molecule has 0 saturated heterocycles. The summed E-state index contributed by atoms with van der Waals surface area (Å²) in [5.41, 5.74) is 10.7. The maximum atomic E-state index is 13.0. The van der Waals surface area contributed by atoms with Gasteiger partial charge in [0, 0.05) is 11.9 Å². The van der Waals surface area contributed by atoms with Crippen LogP contribution in [0.4, 0.5) is 5.69 Å². The third-order valence-electron chi connectivity index (χ3n) is 4.10. The van der Waals surface area contributed by atoms with E-state index in [0.717, 1.165) is 36.1 Å². The molecule has 3 rings (SSSR count). The standard InChI is InChI=1S/C19H21N3O/c1-3-4-7-16-18(15-10-9-14(20)12-13(15)2)19(23)22-11-6-5-8-17(22)21-16/h5-6,8-12H,3-4,7,20H2,1-2H3. The Bertz CT molecular complexity index is 912. The van der Waals surface area contributed by atoms with Crippen molar-refractivity contribution in [3.63, 3.8) is 0 Å². The van der Waals surface area contributed by atoms with Crippen molar-refractivity contribution in [3.8, 4) is 11.1 Å². The summed E-state index contributed by atoms with van der Waals surface area (Å²) >= 11 is 0. The summed E-state index contributed by atoms with van der Waals surface area (Å²) in [5, 5.41) is 0. The lowest BCUT2D eigenvalue weighted by Crippen LogP contribution is -2.20. The van der Waals surface area contributed by atoms with Crippen LogP contribution in [0.2, 0.25) is 0 Å². The second-order valence-corrected chi connectivity index (χ2v) is 5.85. The zero-order valence-corrected chi connectivity index (χ0v) is 13.5. The Labute approximate surface area is 135 Å². The number of benzene rings is 1. The van der Waals surface area contributed by atoms with E-state index < -0.39 is 0 Å². The number of nitrogens with two attached hydrogens (primary N) is 1. The van der Waals surface area contributed by atoms with Gasteiger partial charge < -0.3 is 5.73 Å². The zero-order chi connectivity index (χ0) is 16.4. The molecule has 1 aromatic carbocycles. The second kappa shape index (κ2) is 6.24. The van der Waals surface area contributed by atoms with E-state index in [1.54, 1.807) is 10.6 Å². The van der Waals surface area contributed by atoms with Gasteiger partial charge in [0.25, 0.3) is 5.56 Å². The summed E-state index contributed by atoms with van der Waals surface area (Å²) in [6, 6.07) is 11.3. The molecule has 0 amide bonds. The molecule has 0 aliphatic rings. The SMILES string of the molecule is CCCCc1nc2ccccn2c(=O)c1-c1ccc(N)cc1C. The molecule has 0 aliphatic carbocycles. The average molecular weight is 307 g/mol. The van der Waals surface area contributed by atoms with Crippen LogP contribution in [-0.4, -0.2) is 9.38 Å². The maximum absolute atomic E-state index is 13.0. The van der Waals surface area contributed by atoms with E-state index in [-0.39, 0.29) is 5.56 Å². The van der Waals surface area contributed by atoms with Crippen LogP contribution in [0, 0.1) is 6.92 Å². The second-order valence-electron chi connectivity index (χ2n) is 5.85. The number of anilines is 1. The van der Waals surface area contributed by atoms with Crippen LogP contribution in [0.5, 0.6) is 0 Å². The first kappa shape index (κ1) is 15.3. The van der Waals surface area contributed by atoms with Crippen molar-refractivity contribution in [2.45, 2.75) is 33.1 Å². The van der Waals surface area contributed by atoms with Crippen LogP contribution in [0.1, 0.15) is 31.0 Å². The van der Waals surface area contributed by atoms with E-state index in [9.17, 15) is 4.79 Å². The van der Waals surface area contributed by atoms with Gasteiger partial charge in [-0.05, 0) is 55.2 Å². The van der Waals surface area contributed by atoms with E-state index in [1.807, 2.05) is 43.3 Å². The molecule has 0 radical (unpaired) electrons. The van der Waals surface area contributed by atoms with Gasteiger partial charge in [-0.1, -0.05) is 25.5 Å². The smallest absolute Gasteiger partial charge is 0.266 e. The number of rotatable bonds is 4. The van der Waals surface area contributed by atoms with Gasteiger partial charge in [-0.25, -0.2) is 4.98 Å². The molecule has 118 valence electrons. The monoisotopic (exact) mass is 307 g/mol. The lowest BCUT2D eigenvalue weighted by molar-refractivity contribution is 0.774. The van der Waals surface area contributed by atoms with Crippen LogP contribution in [0.3, 0.4) is 0 Å². The number of aryl methyl sites for hydroxylation is 2. The van der Waals surface area contributed by atoms with E-state index in [0.29, 0.717) is 16.9 Å². The Hall–Kier alpha value is -2.62. The third kappa shape index (κ3) is 2.84. The molecule has 0 unspecified atom stereocenters. The highest BCUT2D eigenvalue weighted by atomic mass is 16.1. The zero-order valence-electron chi connectivity index (χ0n) is 13.5. The van der Waals surface area contributed by atoms with Crippen molar-refractivity contribution < 1.29 is 0 Å². The Morgan fingerprint density at radius 3 is 2.78 bits per heavy atom. The topological polar surface area (TPSA) is 60.4 Å². The largest absolute Gasteiger partial charge is 0.399 e. The summed E-state index contributed by atoms with van der Waals surface area (Å²) in [6.07, 6.45) is 4.65. The molecule has 2 aromatic heterocycles. The van der Waals surface area contributed by atoms with Crippen LogP contribution in [0.25, 0.3) is 16.8 Å². The summed E-state index contributed by atoms with van der Waals surface area (Å²) in [4.78, 5) is 17.8. The van der Waals surface area contributed by atoms with Crippen LogP contribution in [-0.2, 0) is 6.42 Å². The predicted octanol–water partition coefficient (Wildman–Crippen LogP) is 3.59. The van der Waals surface area contributed by atoms with E-state index in [4.69, 9.17) is 10.7 Å². The van der Waals surface area contributed by atoms with Crippen LogP contribution in [0.15, 0.2) is 47.4 Å². The lowest BCUT2D eigenvalue weighted by atomic mass is 9.97. The van der Waals surface area contributed by atoms with Gasteiger partial charge in [0.2, 0.25) is 0 Å². The molecule has 4 nitrogen and oxygen atoms in total. The van der Waals surface area contributed by atoms with Gasteiger partial charge in [0.1, 0.15) is 5.65 Å². The van der Waals surface area contributed by atoms with E-state index in [1.165, 1.54) is 0 Å². The Kier molecular flexibility index (Phi) is 4.15. The van der Waals surface area contributed by atoms with Crippen molar-refractivity contribution in [3.05, 3.63) is 64.2 Å². The molecule has 0 fully saturated rings. The van der Waals surface area contributed by atoms with Crippen molar-refractivity contribution >= 4 is 11.3 Å². The van der Waals surface area contributed by atoms with Gasteiger partial charge in [0.05, 0.1) is 11.3 Å².